The number of hydrogen-bond acceptors (Lipinski definition) is 6. The fourth-order valence-electron chi connectivity index (χ4n) is 18.5. The number of fused-ring (bicyclic) bond motifs is 12. The molecule has 0 atom stereocenters. The Morgan fingerprint density at radius 3 is 1.22 bits per heavy atom. The summed E-state index contributed by atoms with van der Waals surface area (Å²) in [4.78, 5) is 5.15. The van der Waals surface area contributed by atoms with Crippen LogP contribution in [0.5, 0.6) is 46.0 Å². The lowest BCUT2D eigenvalue weighted by Gasteiger charge is -2.45. The largest absolute Gasteiger partial charge is 0.458 e. The molecule has 0 bridgehead atoms. The Morgan fingerprint density at radius 1 is 0.245 bits per heavy atom. The van der Waals surface area contributed by atoms with E-state index < -0.39 is 0 Å². The number of hydrogen-bond donors (Lipinski definition) is 0. The summed E-state index contributed by atoms with van der Waals surface area (Å²) in [5.41, 5.74) is 38.6. The van der Waals surface area contributed by atoms with Crippen LogP contribution >= 0.6 is 0 Å². The summed E-state index contributed by atoms with van der Waals surface area (Å²) in [6.07, 6.45) is 0. The highest BCUT2D eigenvalue weighted by molar-refractivity contribution is 7.03. The zero-order valence-corrected chi connectivity index (χ0v) is 58.5. The maximum Gasteiger partial charge on any atom is 0.260 e. The second kappa shape index (κ2) is 22.5. The Labute approximate surface area is 597 Å². The molecule has 0 aromatic heterocycles. The Morgan fingerprint density at radius 2 is 0.667 bits per heavy atom. The minimum atomic E-state index is -0.335. The minimum Gasteiger partial charge on any atom is -0.458 e. The minimum absolute atomic E-state index is 0.252. The molecule has 20 rings (SSSR count). The highest BCUT2D eigenvalue weighted by Gasteiger charge is 2.50. The van der Waals surface area contributed by atoms with Crippen molar-refractivity contribution in [3.63, 3.8) is 0 Å². The molecule has 9 heteroatoms. The Bertz CT molecular complexity index is 5900. The molecule has 0 amide bonds. The van der Waals surface area contributed by atoms with Crippen LogP contribution in [0, 0.1) is 62.3 Å². The van der Waals surface area contributed by atoms with E-state index in [1.807, 2.05) is 0 Å². The molecular formula is C93H69B3N2O4. The topological polar surface area (TPSA) is 43.4 Å². The lowest BCUT2D eigenvalue weighted by atomic mass is 9.29. The summed E-state index contributed by atoms with van der Waals surface area (Å²) < 4.78 is 30.2. The first kappa shape index (κ1) is 60.1. The number of benzene rings is 14. The van der Waals surface area contributed by atoms with Crippen LogP contribution in [0.2, 0.25) is 0 Å². The Balaban J connectivity index is 0.893. The summed E-state index contributed by atoms with van der Waals surface area (Å²) in [5.74, 6) is 6.47. The van der Waals surface area contributed by atoms with Crippen molar-refractivity contribution in [2.24, 2.45) is 0 Å². The van der Waals surface area contributed by atoms with Crippen molar-refractivity contribution in [3.05, 3.63) is 305 Å². The van der Waals surface area contributed by atoms with Gasteiger partial charge in [-0.1, -0.05) is 194 Å². The normalized spacial score (nSPS) is 13.4. The molecule has 0 N–H and O–H groups in total. The zero-order chi connectivity index (χ0) is 68.7. The third-order valence-electron chi connectivity index (χ3n) is 22.7. The predicted octanol–water partition coefficient (Wildman–Crippen LogP) is 18.3. The molecule has 6 nitrogen and oxygen atoms in total. The maximum atomic E-state index is 7.78. The molecule has 6 heterocycles. The van der Waals surface area contributed by atoms with Crippen molar-refractivity contribution >= 4 is 103 Å². The van der Waals surface area contributed by atoms with Gasteiger partial charge in [0.05, 0.1) is 5.69 Å². The van der Waals surface area contributed by atoms with E-state index in [1.54, 1.807) is 0 Å². The number of nitrogens with zero attached hydrogens (tertiary/aromatic N) is 2. The Kier molecular flexibility index (Phi) is 13.3. The number of anilines is 6. The van der Waals surface area contributed by atoms with E-state index in [0.717, 1.165) is 157 Å². The monoisotopic (exact) mass is 1310 g/mol. The molecule has 6 aliphatic rings. The molecule has 0 saturated carbocycles. The number of ether oxygens (including phenoxy) is 4. The molecule has 484 valence electrons. The van der Waals surface area contributed by atoms with Crippen LogP contribution < -0.4 is 77.9 Å². The van der Waals surface area contributed by atoms with Gasteiger partial charge in [0, 0.05) is 45.5 Å². The van der Waals surface area contributed by atoms with Crippen molar-refractivity contribution < 1.29 is 18.9 Å². The summed E-state index contributed by atoms with van der Waals surface area (Å²) >= 11 is 0. The summed E-state index contributed by atoms with van der Waals surface area (Å²) in [5, 5.41) is 0. The van der Waals surface area contributed by atoms with Crippen molar-refractivity contribution in [1.29, 1.82) is 0 Å². The van der Waals surface area contributed by atoms with Gasteiger partial charge >= 0.3 is 0 Å². The number of rotatable bonds is 7. The van der Waals surface area contributed by atoms with Crippen molar-refractivity contribution in [3.8, 4) is 102 Å². The lowest BCUT2D eigenvalue weighted by molar-refractivity contribution is 0.456. The first-order chi connectivity index (χ1) is 49.8. The van der Waals surface area contributed by atoms with E-state index >= 15 is 0 Å². The van der Waals surface area contributed by atoms with Crippen LogP contribution in [-0.4, -0.2) is 20.1 Å². The van der Waals surface area contributed by atoms with E-state index in [0.29, 0.717) is 0 Å². The summed E-state index contributed by atoms with van der Waals surface area (Å²) in [6.45, 7) is 19.3. The molecule has 0 saturated heterocycles. The molecular weight excluding hydrogens is 1240 g/mol. The van der Waals surface area contributed by atoms with Crippen LogP contribution in [0.4, 0.5) is 34.1 Å². The van der Waals surface area contributed by atoms with Crippen molar-refractivity contribution in [2.75, 3.05) is 9.80 Å². The third-order valence-corrected chi connectivity index (χ3v) is 22.7. The van der Waals surface area contributed by atoms with Gasteiger partial charge in [-0.25, -0.2) is 0 Å². The van der Waals surface area contributed by atoms with Gasteiger partial charge in [0.2, 0.25) is 0 Å². The third kappa shape index (κ3) is 8.96. The maximum absolute atomic E-state index is 7.78. The van der Waals surface area contributed by atoms with Gasteiger partial charge < -0.3 is 28.7 Å². The molecule has 102 heavy (non-hydrogen) atoms. The van der Waals surface area contributed by atoms with Gasteiger partial charge in [-0.3, -0.25) is 0 Å². The fraction of sp³-hybridized carbons (Fsp3) is 0.0968. The van der Waals surface area contributed by atoms with Crippen LogP contribution in [0.1, 0.15) is 50.1 Å². The summed E-state index contributed by atoms with van der Waals surface area (Å²) in [7, 11) is 0. The van der Waals surface area contributed by atoms with Crippen LogP contribution in [0.3, 0.4) is 0 Å². The highest BCUT2D eigenvalue weighted by Crippen LogP contribution is 2.52. The second-order valence-electron chi connectivity index (χ2n) is 29.1. The van der Waals surface area contributed by atoms with Crippen LogP contribution in [-0.2, 0) is 0 Å². The van der Waals surface area contributed by atoms with Gasteiger partial charge in [-0.05, 0) is 261 Å². The van der Waals surface area contributed by atoms with Gasteiger partial charge in [-0.2, -0.15) is 0 Å². The van der Waals surface area contributed by atoms with Gasteiger partial charge in [-0.15, -0.1) is 0 Å². The smallest absolute Gasteiger partial charge is 0.260 e. The fourth-order valence-corrected chi connectivity index (χ4v) is 18.5. The molecule has 0 radical (unpaired) electrons. The molecule has 0 aliphatic carbocycles. The standard InChI is InChI=1S/C93H69B3N2O4/c1-52-39-59(8)92(60(9)40-52)98-76-50-75-71(95-70-36-22-35-68(62-31-15-11-16-32-62)93(70)102-83-45-64(86-53(2)23-19-24-54(86)3)41-77(89(83)95)97(75)67-33-17-12-18-34-67)48-72(76)96-74-49-73-80(51-81(74)100-82-44-65(42-78(98)90(82)96)87-55(4)25-20-26-56(87)5)101-85-47-66(88-57(6)27-21-28-58(88)7)46-84-91(85)94(73)69-38-37-63(43-79(69)99-84)61-29-13-10-14-30-61/h10-51H,1-9H3. The number of para-hydroxylation sites is 2. The zero-order valence-electron chi connectivity index (χ0n) is 58.5. The SMILES string of the molecule is Cc1cc(C)c(N2c3cc4c(cc3B3c5cc6c(cc5Oc5cc(-c7c(C)cccc7C)cc2c53)Oc2cc(-c3c(C)cccc3C)cc3c2B6c2ccc(-c5ccccc5)cc2O3)B2c3cccc(-c5ccccc5)c3Oc3cc(-c5c(C)cccc5C)cc(c32)N4c2ccccc2)c(C)c1. The first-order valence-electron chi connectivity index (χ1n) is 35.7. The van der Waals surface area contributed by atoms with Gasteiger partial charge in [0.25, 0.3) is 20.1 Å². The van der Waals surface area contributed by atoms with E-state index in [2.05, 4.69) is 327 Å². The van der Waals surface area contributed by atoms with Gasteiger partial charge in [0.15, 0.2) is 0 Å². The Hall–Kier alpha value is -11.9. The highest BCUT2D eigenvalue weighted by atomic mass is 16.5. The van der Waals surface area contributed by atoms with Crippen molar-refractivity contribution in [1.82, 2.24) is 0 Å². The van der Waals surface area contributed by atoms with E-state index in [-0.39, 0.29) is 20.1 Å². The van der Waals surface area contributed by atoms with Crippen LogP contribution in [0.15, 0.2) is 255 Å². The van der Waals surface area contributed by atoms with Crippen molar-refractivity contribution in [2.45, 2.75) is 62.3 Å². The molecule has 6 aliphatic heterocycles. The molecule has 14 aromatic rings. The lowest BCUT2D eigenvalue weighted by Crippen LogP contribution is -2.65. The first-order valence-corrected chi connectivity index (χ1v) is 35.7. The molecule has 14 aromatic carbocycles. The number of aryl methyl sites for hydroxylation is 9. The average molecular weight is 1310 g/mol. The quantitative estimate of drug-likeness (QED) is 0.148. The van der Waals surface area contributed by atoms with E-state index in [1.165, 1.54) is 77.7 Å². The summed E-state index contributed by atoms with van der Waals surface area (Å²) in [6, 6.07) is 94.3. The second-order valence-corrected chi connectivity index (χ2v) is 29.1. The molecule has 0 unspecified atom stereocenters. The van der Waals surface area contributed by atoms with Crippen LogP contribution in [0.25, 0.3) is 55.6 Å². The average Bonchev–Trinajstić information content (AvgIpc) is 0.685. The molecule has 0 spiro atoms. The predicted molar refractivity (Wildman–Crippen MR) is 426 cm³/mol. The van der Waals surface area contributed by atoms with E-state index in [9.17, 15) is 0 Å². The molecule has 0 fully saturated rings. The van der Waals surface area contributed by atoms with E-state index in [4.69, 9.17) is 18.9 Å². The van der Waals surface area contributed by atoms with Gasteiger partial charge in [0.1, 0.15) is 46.0 Å².